The molecule has 3 rings (SSSR count). The van der Waals surface area contributed by atoms with E-state index in [2.05, 4.69) is 28.9 Å². The average molecular weight is 329 g/mol. The molecule has 1 aromatic carbocycles. The van der Waals surface area contributed by atoms with E-state index in [0.29, 0.717) is 19.6 Å². The smallest absolute Gasteiger partial charge is 0.252 e. The lowest BCUT2D eigenvalue weighted by Crippen LogP contribution is -2.42. The number of hydrogen-bond donors (Lipinski definition) is 2. The van der Waals surface area contributed by atoms with Crippen LogP contribution < -0.4 is 5.56 Å². The van der Waals surface area contributed by atoms with E-state index in [9.17, 15) is 9.90 Å². The highest BCUT2D eigenvalue weighted by atomic mass is 16.3. The monoisotopic (exact) mass is 329 g/mol. The minimum atomic E-state index is -0.680. The predicted molar refractivity (Wildman–Crippen MR) is 97.4 cm³/mol. The van der Waals surface area contributed by atoms with Crippen molar-refractivity contribution in [3.8, 4) is 0 Å². The van der Waals surface area contributed by atoms with Crippen molar-refractivity contribution in [1.29, 1.82) is 0 Å². The molecule has 130 valence electrons. The van der Waals surface area contributed by atoms with E-state index in [-0.39, 0.29) is 5.56 Å². The Morgan fingerprint density at radius 1 is 1.29 bits per heavy atom. The number of nitrogens with zero attached hydrogens (tertiary/aromatic N) is 2. The van der Waals surface area contributed by atoms with Crippen molar-refractivity contribution in [3.63, 3.8) is 0 Å². The zero-order valence-electron chi connectivity index (χ0n) is 15.0. The molecule has 0 aliphatic carbocycles. The Morgan fingerprint density at radius 3 is 2.75 bits per heavy atom. The summed E-state index contributed by atoms with van der Waals surface area (Å²) in [5.74, 6) is 0. The Morgan fingerprint density at radius 2 is 2.04 bits per heavy atom. The molecule has 1 aromatic heterocycles. The van der Waals surface area contributed by atoms with E-state index in [1.54, 1.807) is 0 Å². The highest BCUT2D eigenvalue weighted by Gasteiger charge is 2.36. The van der Waals surface area contributed by atoms with Gasteiger partial charge in [0.1, 0.15) is 0 Å². The standard InChI is InChI=1S/C19H27N3O2/c1-13-7-14(2)17-15(8-13)9-16(18(23)20-17)10-22-6-5-19(24,12-22)11-21(3)4/h7-9,24H,5-6,10-12H2,1-4H3,(H,20,23). The summed E-state index contributed by atoms with van der Waals surface area (Å²) < 4.78 is 0. The minimum absolute atomic E-state index is 0.0301. The third-order valence-corrected chi connectivity index (χ3v) is 4.79. The summed E-state index contributed by atoms with van der Waals surface area (Å²) >= 11 is 0. The second-order valence-electron chi connectivity index (χ2n) is 7.59. The quantitative estimate of drug-likeness (QED) is 0.895. The molecule has 5 heteroatoms. The lowest BCUT2D eigenvalue weighted by atomic mass is 10.0. The largest absolute Gasteiger partial charge is 0.387 e. The van der Waals surface area contributed by atoms with E-state index < -0.39 is 5.60 Å². The summed E-state index contributed by atoms with van der Waals surface area (Å²) in [5.41, 5.74) is 3.26. The van der Waals surface area contributed by atoms with Crippen molar-refractivity contribution in [1.82, 2.24) is 14.8 Å². The fraction of sp³-hybridized carbons (Fsp3) is 0.526. The maximum absolute atomic E-state index is 12.4. The maximum atomic E-state index is 12.4. The Labute approximate surface area is 142 Å². The minimum Gasteiger partial charge on any atom is -0.387 e. The Bertz CT molecular complexity index is 812. The number of pyridine rings is 1. The van der Waals surface area contributed by atoms with E-state index in [1.165, 1.54) is 5.56 Å². The summed E-state index contributed by atoms with van der Waals surface area (Å²) in [7, 11) is 3.94. The number of aryl methyl sites for hydroxylation is 2. The molecule has 1 fully saturated rings. The molecular weight excluding hydrogens is 302 g/mol. The summed E-state index contributed by atoms with van der Waals surface area (Å²) in [4.78, 5) is 19.7. The third-order valence-electron chi connectivity index (χ3n) is 4.79. The molecule has 0 radical (unpaired) electrons. The van der Waals surface area contributed by atoms with Gasteiger partial charge in [-0.05, 0) is 57.4 Å². The van der Waals surface area contributed by atoms with Crippen LogP contribution in [0, 0.1) is 13.8 Å². The van der Waals surface area contributed by atoms with Crippen LogP contribution in [0.4, 0.5) is 0 Å². The van der Waals surface area contributed by atoms with Gasteiger partial charge in [0.15, 0.2) is 0 Å². The van der Waals surface area contributed by atoms with Gasteiger partial charge in [-0.3, -0.25) is 9.69 Å². The number of hydrogen-bond acceptors (Lipinski definition) is 4. The lowest BCUT2D eigenvalue weighted by Gasteiger charge is -2.26. The number of aliphatic hydroxyl groups is 1. The molecule has 0 spiro atoms. The van der Waals surface area contributed by atoms with Crippen LogP contribution in [0.2, 0.25) is 0 Å². The first kappa shape index (κ1) is 17.1. The summed E-state index contributed by atoms with van der Waals surface area (Å²) in [5, 5.41) is 11.7. The summed E-state index contributed by atoms with van der Waals surface area (Å²) in [6.45, 7) is 6.74. The number of likely N-dealkylation sites (N-methyl/N-ethyl adjacent to an activating group) is 1. The van der Waals surface area contributed by atoms with Crippen molar-refractivity contribution in [2.24, 2.45) is 0 Å². The molecule has 2 heterocycles. The van der Waals surface area contributed by atoms with Gasteiger partial charge in [0.05, 0.1) is 11.1 Å². The molecule has 2 N–H and O–H groups in total. The van der Waals surface area contributed by atoms with Gasteiger partial charge >= 0.3 is 0 Å². The Kier molecular flexibility index (Phi) is 4.51. The highest BCUT2D eigenvalue weighted by molar-refractivity contribution is 5.82. The van der Waals surface area contributed by atoms with Crippen LogP contribution in [0.3, 0.4) is 0 Å². The number of benzene rings is 1. The van der Waals surface area contributed by atoms with Crippen LogP contribution in [0.15, 0.2) is 23.0 Å². The van der Waals surface area contributed by atoms with Crippen LogP contribution >= 0.6 is 0 Å². The number of aromatic amines is 1. The van der Waals surface area contributed by atoms with E-state index in [0.717, 1.165) is 35.0 Å². The molecule has 1 aliphatic heterocycles. The SMILES string of the molecule is Cc1cc(C)c2[nH]c(=O)c(CN3CCC(O)(CN(C)C)C3)cc2c1. The number of aromatic nitrogens is 1. The fourth-order valence-electron chi connectivity index (χ4n) is 3.88. The van der Waals surface area contributed by atoms with Gasteiger partial charge in [-0.2, -0.15) is 0 Å². The predicted octanol–water partition coefficient (Wildman–Crippen LogP) is 1.64. The topological polar surface area (TPSA) is 59.6 Å². The molecule has 2 aromatic rings. The lowest BCUT2D eigenvalue weighted by molar-refractivity contribution is 0.0240. The van der Waals surface area contributed by atoms with Gasteiger partial charge in [-0.1, -0.05) is 11.6 Å². The molecule has 0 bridgehead atoms. The van der Waals surface area contributed by atoms with Crippen LogP contribution in [0.1, 0.15) is 23.1 Å². The van der Waals surface area contributed by atoms with Crippen LogP contribution in [0.25, 0.3) is 10.9 Å². The number of likely N-dealkylation sites (tertiary alicyclic amines) is 1. The molecule has 0 amide bonds. The molecular formula is C19H27N3O2. The highest BCUT2D eigenvalue weighted by Crippen LogP contribution is 2.24. The van der Waals surface area contributed by atoms with Crippen molar-refractivity contribution >= 4 is 10.9 Å². The first-order chi connectivity index (χ1) is 11.3. The second-order valence-corrected chi connectivity index (χ2v) is 7.59. The van der Waals surface area contributed by atoms with Gasteiger partial charge in [-0.25, -0.2) is 0 Å². The van der Waals surface area contributed by atoms with E-state index in [1.807, 2.05) is 32.0 Å². The number of β-amino-alcohol motifs (C(OH)–C–C–N with tert-alkyl or cyclic N) is 1. The van der Waals surface area contributed by atoms with Crippen molar-refractivity contribution < 1.29 is 5.11 Å². The molecule has 24 heavy (non-hydrogen) atoms. The van der Waals surface area contributed by atoms with Crippen LogP contribution in [-0.4, -0.2) is 59.2 Å². The normalized spacial score (nSPS) is 21.9. The van der Waals surface area contributed by atoms with Gasteiger partial charge in [-0.15, -0.1) is 0 Å². The molecule has 5 nitrogen and oxygen atoms in total. The van der Waals surface area contributed by atoms with Crippen LogP contribution in [-0.2, 0) is 6.54 Å². The third kappa shape index (κ3) is 3.53. The van der Waals surface area contributed by atoms with E-state index >= 15 is 0 Å². The maximum Gasteiger partial charge on any atom is 0.252 e. The van der Waals surface area contributed by atoms with E-state index in [4.69, 9.17) is 0 Å². The zero-order chi connectivity index (χ0) is 17.5. The van der Waals surface area contributed by atoms with Crippen LogP contribution in [0.5, 0.6) is 0 Å². The fourth-order valence-corrected chi connectivity index (χ4v) is 3.88. The van der Waals surface area contributed by atoms with Crippen molar-refractivity contribution in [2.45, 2.75) is 32.4 Å². The average Bonchev–Trinajstić information content (AvgIpc) is 2.80. The van der Waals surface area contributed by atoms with Crippen molar-refractivity contribution in [3.05, 3.63) is 45.2 Å². The molecule has 1 aliphatic rings. The molecule has 0 saturated carbocycles. The van der Waals surface area contributed by atoms with Gasteiger partial charge in [0, 0.05) is 31.7 Å². The second kappa shape index (κ2) is 6.31. The molecule has 1 atom stereocenters. The van der Waals surface area contributed by atoms with Gasteiger partial charge < -0.3 is 15.0 Å². The number of nitrogens with one attached hydrogen (secondary N) is 1. The van der Waals surface area contributed by atoms with Gasteiger partial charge in [0.25, 0.3) is 5.56 Å². The summed E-state index contributed by atoms with van der Waals surface area (Å²) in [6.07, 6.45) is 0.745. The molecule has 1 unspecified atom stereocenters. The first-order valence-electron chi connectivity index (χ1n) is 8.48. The summed E-state index contributed by atoms with van der Waals surface area (Å²) in [6, 6.07) is 6.19. The first-order valence-corrected chi connectivity index (χ1v) is 8.48. The zero-order valence-corrected chi connectivity index (χ0v) is 15.0. The number of rotatable bonds is 4. The van der Waals surface area contributed by atoms with Gasteiger partial charge in [0.2, 0.25) is 0 Å². The Balaban J connectivity index is 1.83. The molecule has 1 saturated heterocycles. The number of H-pyrrole nitrogens is 1. The Hall–Kier alpha value is -1.69. The number of fused-ring (bicyclic) bond motifs is 1. The van der Waals surface area contributed by atoms with Crippen molar-refractivity contribution in [2.75, 3.05) is 33.7 Å².